The summed E-state index contributed by atoms with van der Waals surface area (Å²) < 4.78 is 0. The van der Waals surface area contributed by atoms with Crippen LogP contribution in [0.25, 0.3) is 0 Å². The highest BCUT2D eigenvalue weighted by Gasteiger charge is 2.15. The van der Waals surface area contributed by atoms with Gasteiger partial charge in [0.25, 0.3) is 0 Å². The molecule has 0 saturated heterocycles. The van der Waals surface area contributed by atoms with Crippen LogP contribution in [0.2, 0.25) is 0 Å². The molecule has 1 aromatic rings. The van der Waals surface area contributed by atoms with Gasteiger partial charge in [-0.05, 0) is 31.3 Å². The quantitative estimate of drug-likeness (QED) is 0.795. The lowest BCUT2D eigenvalue weighted by molar-refractivity contribution is 0.755. The number of nitrogens with zero attached hydrogens (tertiary/aromatic N) is 2. The molecule has 0 aliphatic heterocycles. The van der Waals surface area contributed by atoms with Crippen LogP contribution in [0.5, 0.6) is 0 Å². The first kappa shape index (κ1) is 15.1. The minimum Gasteiger partial charge on any atom is -0.373 e. The van der Waals surface area contributed by atoms with Crippen molar-refractivity contribution in [3.8, 4) is 0 Å². The summed E-state index contributed by atoms with van der Waals surface area (Å²) in [5, 5.41) is 6.64. The van der Waals surface area contributed by atoms with Crippen LogP contribution in [0.4, 0.5) is 11.6 Å². The Morgan fingerprint density at radius 1 is 1.22 bits per heavy atom. The molecule has 1 aromatic heterocycles. The molecule has 5 heteroatoms. The van der Waals surface area contributed by atoms with Gasteiger partial charge in [-0.2, -0.15) is 11.8 Å². The largest absolute Gasteiger partial charge is 0.373 e. The van der Waals surface area contributed by atoms with Crippen LogP contribution in [0, 0.1) is 0 Å². The maximum atomic E-state index is 4.39. The fourth-order valence-corrected chi connectivity index (χ4v) is 2.45. The third kappa shape index (κ3) is 4.05. The highest BCUT2D eigenvalue weighted by molar-refractivity contribution is 7.98. The van der Waals surface area contributed by atoms with Crippen molar-refractivity contribution in [3.63, 3.8) is 0 Å². The van der Waals surface area contributed by atoms with Crippen molar-refractivity contribution in [1.29, 1.82) is 0 Å². The second-order valence-electron chi connectivity index (χ2n) is 4.72. The highest BCUT2D eigenvalue weighted by Crippen LogP contribution is 2.28. The standard InChI is InChI=1S/C13H24N4S/c1-9(2)11-12(14-4)15-8-16-13(11)17-10(3)6-7-18-5/h8-10H,6-7H2,1-5H3,(H2,14,15,16,17). The van der Waals surface area contributed by atoms with Gasteiger partial charge in [0.2, 0.25) is 0 Å². The Hall–Kier alpha value is -0.970. The van der Waals surface area contributed by atoms with Gasteiger partial charge in [-0.3, -0.25) is 0 Å². The Kier molecular flexibility index (Phi) is 6.25. The molecule has 0 bridgehead atoms. The van der Waals surface area contributed by atoms with E-state index in [1.54, 1.807) is 6.33 Å². The predicted octanol–water partition coefficient (Wildman–Crippen LogP) is 3.20. The lowest BCUT2D eigenvalue weighted by atomic mass is 10.0. The van der Waals surface area contributed by atoms with Gasteiger partial charge in [0.05, 0.1) is 0 Å². The Morgan fingerprint density at radius 3 is 2.44 bits per heavy atom. The lowest BCUT2D eigenvalue weighted by Crippen LogP contribution is -2.19. The zero-order valence-corrected chi connectivity index (χ0v) is 12.8. The van der Waals surface area contributed by atoms with Gasteiger partial charge in [-0.15, -0.1) is 0 Å². The molecule has 0 spiro atoms. The number of rotatable bonds is 7. The van der Waals surface area contributed by atoms with E-state index in [-0.39, 0.29) is 0 Å². The molecule has 1 atom stereocenters. The topological polar surface area (TPSA) is 49.8 Å². The average Bonchev–Trinajstić information content (AvgIpc) is 2.35. The molecule has 0 aromatic carbocycles. The summed E-state index contributed by atoms with van der Waals surface area (Å²) in [6.07, 6.45) is 4.88. The third-order valence-corrected chi connectivity index (χ3v) is 3.48. The smallest absolute Gasteiger partial charge is 0.135 e. The van der Waals surface area contributed by atoms with E-state index in [2.05, 4.69) is 47.6 Å². The van der Waals surface area contributed by atoms with Gasteiger partial charge >= 0.3 is 0 Å². The SMILES string of the molecule is CNc1ncnc(NC(C)CCSC)c1C(C)C. The lowest BCUT2D eigenvalue weighted by Gasteiger charge is -2.20. The van der Waals surface area contributed by atoms with Gasteiger partial charge in [0.1, 0.15) is 18.0 Å². The van der Waals surface area contributed by atoms with E-state index in [1.807, 2.05) is 18.8 Å². The summed E-state index contributed by atoms with van der Waals surface area (Å²) in [7, 11) is 1.90. The molecule has 4 nitrogen and oxygen atoms in total. The van der Waals surface area contributed by atoms with Crippen molar-refractivity contribution in [1.82, 2.24) is 9.97 Å². The zero-order chi connectivity index (χ0) is 13.5. The van der Waals surface area contributed by atoms with Crippen LogP contribution in [0.1, 0.15) is 38.7 Å². The fraction of sp³-hybridized carbons (Fsp3) is 0.692. The Labute approximate surface area is 114 Å². The van der Waals surface area contributed by atoms with Crippen LogP contribution in [0.3, 0.4) is 0 Å². The van der Waals surface area contributed by atoms with Gasteiger partial charge in [-0.1, -0.05) is 13.8 Å². The molecule has 1 rings (SSSR count). The van der Waals surface area contributed by atoms with Crippen molar-refractivity contribution in [3.05, 3.63) is 11.9 Å². The van der Waals surface area contributed by atoms with Crippen LogP contribution in [-0.2, 0) is 0 Å². The first-order valence-corrected chi connectivity index (χ1v) is 7.77. The molecule has 1 heterocycles. The van der Waals surface area contributed by atoms with Crippen molar-refractivity contribution in [2.24, 2.45) is 0 Å². The number of hydrogen-bond acceptors (Lipinski definition) is 5. The van der Waals surface area contributed by atoms with E-state index in [0.29, 0.717) is 12.0 Å². The molecule has 18 heavy (non-hydrogen) atoms. The van der Waals surface area contributed by atoms with E-state index in [4.69, 9.17) is 0 Å². The molecule has 2 N–H and O–H groups in total. The summed E-state index contributed by atoms with van der Waals surface area (Å²) in [6.45, 7) is 6.52. The van der Waals surface area contributed by atoms with E-state index in [0.717, 1.165) is 29.4 Å². The first-order valence-electron chi connectivity index (χ1n) is 6.38. The van der Waals surface area contributed by atoms with Crippen LogP contribution in [-0.4, -0.2) is 35.1 Å². The normalized spacial score (nSPS) is 12.6. The average molecular weight is 268 g/mol. The van der Waals surface area contributed by atoms with Crippen LogP contribution < -0.4 is 10.6 Å². The molecular formula is C13H24N4S. The maximum absolute atomic E-state index is 4.39. The first-order chi connectivity index (χ1) is 8.60. The Morgan fingerprint density at radius 2 is 1.89 bits per heavy atom. The van der Waals surface area contributed by atoms with E-state index >= 15 is 0 Å². The minimum absolute atomic E-state index is 0.393. The zero-order valence-electron chi connectivity index (χ0n) is 11.9. The monoisotopic (exact) mass is 268 g/mol. The fourth-order valence-electron chi connectivity index (χ4n) is 1.86. The number of nitrogens with one attached hydrogen (secondary N) is 2. The van der Waals surface area contributed by atoms with Crippen molar-refractivity contribution < 1.29 is 0 Å². The number of hydrogen-bond donors (Lipinski definition) is 2. The molecule has 102 valence electrons. The molecular weight excluding hydrogens is 244 g/mol. The minimum atomic E-state index is 0.393. The van der Waals surface area contributed by atoms with Crippen molar-refractivity contribution >= 4 is 23.4 Å². The molecule has 0 radical (unpaired) electrons. The van der Waals surface area contributed by atoms with Crippen molar-refractivity contribution in [2.45, 2.75) is 39.2 Å². The number of anilines is 2. The predicted molar refractivity (Wildman–Crippen MR) is 81.8 cm³/mol. The molecule has 0 saturated carbocycles. The summed E-state index contributed by atoms with van der Waals surface area (Å²) in [5.41, 5.74) is 1.16. The van der Waals surface area contributed by atoms with E-state index in [9.17, 15) is 0 Å². The second kappa shape index (κ2) is 7.46. The van der Waals surface area contributed by atoms with Gasteiger partial charge in [0.15, 0.2) is 0 Å². The Bertz CT molecular complexity index is 368. The Balaban J connectivity index is 2.87. The van der Waals surface area contributed by atoms with Crippen LogP contribution in [0.15, 0.2) is 6.33 Å². The highest BCUT2D eigenvalue weighted by atomic mass is 32.2. The molecule has 0 fully saturated rings. The number of thioether (sulfide) groups is 1. The molecule has 0 amide bonds. The molecule has 0 aliphatic carbocycles. The summed E-state index contributed by atoms with van der Waals surface area (Å²) in [5.74, 6) is 3.43. The number of aromatic nitrogens is 2. The molecule has 0 aliphatic rings. The van der Waals surface area contributed by atoms with Crippen molar-refractivity contribution in [2.75, 3.05) is 29.7 Å². The van der Waals surface area contributed by atoms with Gasteiger partial charge in [-0.25, -0.2) is 9.97 Å². The van der Waals surface area contributed by atoms with E-state index < -0.39 is 0 Å². The summed E-state index contributed by atoms with van der Waals surface area (Å²) >= 11 is 1.87. The second-order valence-corrected chi connectivity index (χ2v) is 5.70. The molecule has 1 unspecified atom stereocenters. The van der Waals surface area contributed by atoms with E-state index in [1.165, 1.54) is 0 Å². The summed E-state index contributed by atoms with van der Waals surface area (Å²) in [4.78, 5) is 8.67. The maximum Gasteiger partial charge on any atom is 0.135 e. The summed E-state index contributed by atoms with van der Waals surface area (Å²) in [6, 6.07) is 0.426. The van der Waals surface area contributed by atoms with Crippen LogP contribution >= 0.6 is 11.8 Å². The third-order valence-electron chi connectivity index (χ3n) is 2.84. The van der Waals surface area contributed by atoms with Gasteiger partial charge < -0.3 is 10.6 Å². The van der Waals surface area contributed by atoms with Gasteiger partial charge in [0, 0.05) is 18.7 Å².